The van der Waals surface area contributed by atoms with Gasteiger partial charge in [0.1, 0.15) is 0 Å². The van der Waals surface area contributed by atoms with E-state index in [1.54, 1.807) is 0 Å². The molecule has 1 aliphatic heterocycles. The summed E-state index contributed by atoms with van der Waals surface area (Å²) in [4.78, 5) is 12.2. The first-order valence-corrected chi connectivity index (χ1v) is 7.98. The zero-order chi connectivity index (χ0) is 12.3. The second kappa shape index (κ2) is 6.05. The van der Waals surface area contributed by atoms with Crippen LogP contribution >= 0.6 is 27.7 Å². The van der Waals surface area contributed by atoms with E-state index in [4.69, 9.17) is 0 Å². The molecule has 1 heterocycles. The molecule has 1 saturated heterocycles. The quantitative estimate of drug-likeness (QED) is 0.766. The van der Waals surface area contributed by atoms with Crippen molar-refractivity contribution in [3.63, 3.8) is 0 Å². The van der Waals surface area contributed by atoms with Crippen molar-refractivity contribution in [1.82, 2.24) is 0 Å². The second-order valence-corrected chi connectivity index (χ2v) is 6.75. The van der Waals surface area contributed by atoms with Crippen LogP contribution in [0.1, 0.15) is 35.2 Å². The topological polar surface area (TPSA) is 17.1 Å². The highest BCUT2D eigenvalue weighted by atomic mass is 79.9. The van der Waals surface area contributed by atoms with Crippen molar-refractivity contribution in [1.29, 1.82) is 0 Å². The highest BCUT2D eigenvalue weighted by Gasteiger charge is 2.19. The molecule has 92 valence electrons. The van der Waals surface area contributed by atoms with Gasteiger partial charge in [-0.15, -0.1) is 0 Å². The third kappa shape index (κ3) is 3.59. The van der Waals surface area contributed by atoms with Gasteiger partial charge in [-0.2, -0.15) is 11.8 Å². The molecule has 0 atom stereocenters. The third-order valence-corrected chi connectivity index (χ3v) is 4.98. The van der Waals surface area contributed by atoms with Gasteiger partial charge in [0, 0.05) is 16.5 Å². The van der Waals surface area contributed by atoms with Crippen LogP contribution in [0.25, 0.3) is 0 Å². The highest BCUT2D eigenvalue weighted by molar-refractivity contribution is 9.10. The van der Waals surface area contributed by atoms with Crippen LogP contribution in [0.15, 0.2) is 22.7 Å². The SMILES string of the molecule is Cc1ccc(Br)c(C(=O)CC2CCSCC2)c1. The molecule has 0 amide bonds. The van der Waals surface area contributed by atoms with Gasteiger partial charge < -0.3 is 0 Å². The minimum atomic E-state index is 0.289. The van der Waals surface area contributed by atoms with E-state index in [2.05, 4.69) is 15.9 Å². The summed E-state index contributed by atoms with van der Waals surface area (Å²) in [6.45, 7) is 2.03. The molecule has 1 fully saturated rings. The molecule has 0 aliphatic carbocycles. The first kappa shape index (κ1) is 13.2. The van der Waals surface area contributed by atoms with Gasteiger partial charge in [-0.3, -0.25) is 4.79 Å². The summed E-state index contributed by atoms with van der Waals surface area (Å²) in [6.07, 6.45) is 3.10. The Bertz CT molecular complexity index is 411. The molecule has 0 saturated carbocycles. The largest absolute Gasteiger partial charge is 0.294 e. The number of benzene rings is 1. The summed E-state index contributed by atoms with van der Waals surface area (Å²) in [5.41, 5.74) is 2.00. The van der Waals surface area contributed by atoms with E-state index >= 15 is 0 Å². The predicted molar refractivity (Wildman–Crippen MR) is 77.9 cm³/mol. The molecule has 0 aromatic heterocycles. The van der Waals surface area contributed by atoms with Gasteiger partial charge in [-0.1, -0.05) is 27.6 Å². The zero-order valence-corrected chi connectivity index (χ0v) is 12.4. The van der Waals surface area contributed by atoms with E-state index in [-0.39, 0.29) is 5.78 Å². The van der Waals surface area contributed by atoms with Crippen LogP contribution in [-0.2, 0) is 0 Å². The van der Waals surface area contributed by atoms with Crippen molar-refractivity contribution in [3.05, 3.63) is 33.8 Å². The predicted octanol–water partition coefficient (Wildman–Crippen LogP) is 4.47. The molecule has 1 aromatic carbocycles. The maximum atomic E-state index is 12.2. The van der Waals surface area contributed by atoms with Gasteiger partial charge in [0.2, 0.25) is 0 Å². The number of hydrogen-bond donors (Lipinski definition) is 0. The van der Waals surface area contributed by atoms with Crippen molar-refractivity contribution >= 4 is 33.5 Å². The lowest BCUT2D eigenvalue weighted by Gasteiger charge is -2.20. The Morgan fingerprint density at radius 2 is 2.12 bits per heavy atom. The van der Waals surface area contributed by atoms with Crippen molar-refractivity contribution in [2.45, 2.75) is 26.2 Å². The first-order valence-electron chi connectivity index (χ1n) is 6.04. The monoisotopic (exact) mass is 312 g/mol. The Morgan fingerprint density at radius 1 is 1.41 bits per heavy atom. The van der Waals surface area contributed by atoms with E-state index in [0.29, 0.717) is 12.3 Å². The molecule has 0 bridgehead atoms. The molecule has 2 rings (SSSR count). The van der Waals surface area contributed by atoms with E-state index in [1.807, 2.05) is 36.9 Å². The fraction of sp³-hybridized carbons (Fsp3) is 0.500. The first-order chi connectivity index (χ1) is 8.16. The number of carbonyl (C=O) groups excluding carboxylic acids is 1. The van der Waals surface area contributed by atoms with Crippen LogP contribution in [0.4, 0.5) is 0 Å². The van der Waals surface area contributed by atoms with Gasteiger partial charge >= 0.3 is 0 Å². The van der Waals surface area contributed by atoms with Crippen LogP contribution < -0.4 is 0 Å². The lowest BCUT2D eigenvalue weighted by molar-refractivity contribution is 0.0958. The summed E-state index contributed by atoms with van der Waals surface area (Å²) in [5, 5.41) is 0. The van der Waals surface area contributed by atoms with Crippen LogP contribution in [0.5, 0.6) is 0 Å². The second-order valence-electron chi connectivity index (χ2n) is 4.67. The van der Waals surface area contributed by atoms with Crippen LogP contribution in [0, 0.1) is 12.8 Å². The fourth-order valence-corrected chi connectivity index (χ4v) is 3.85. The summed E-state index contributed by atoms with van der Waals surface area (Å²) in [5.74, 6) is 3.31. The van der Waals surface area contributed by atoms with E-state index < -0.39 is 0 Å². The molecule has 1 nitrogen and oxygen atoms in total. The summed E-state index contributed by atoms with van der Waals surface area (Å²) >= 11 is 5.48. The lowest BCUT2D eigenvalue weighted by Crippen LogP contribution is -2.14. The molecular formula is C14H17BrOS. The Hall–Kier alpha value is -0.280. The fourth-order valence-electron chi connectivity index (χ4n) is 2.18. The molecular weight excluding hydrogens is 296 g/mol. The minimum absolute atomic E-state index is 0.289. The van der Waals surface area contributed by atoms with Gasteiger partial charge in [0.05, 0.1) is 0 Å². The van der Waals surface area contributed by atoms with Crippen molar-refractivity contribution in [2.24, 2.45) is 5.92 Å². The van der Waals surface area contributed by atoms with Gasteiger partial charge in [-0.25, -0.2) is 0 Å². The van der Waals surface area contributed by atoms with Crippen LogP contribution in [-0.4, -0.2) is 17.3 Å². The molecule has 0 spiro atoms. The molecule has 0 unspecified atom stereocenters. The van der Waals surface area contributed by atoms with E-state index in [1.165, 1.54) is 24.3 Å². The summed E-state index contributed by atoms with van der Waals surface area (Å²) in [6, 6.07) is 5.99. The molecule has 1 aliphatic rings. The van der Waals surface area contributed by atoms with Crippen molar-refractivity contribution in [3.8, 4) is 0 Å². The molecule has 0 N–H and O–H groups in total. The normalized spacial score (nSPS) is 17.1. The highest BCUT2D eigenvalue weighted by Crippen LogP contribution is 2.28. The average Bonchev–Trinajstić information content (AvgIpc) is 2.33. The van der Waals surface area contributed by atoms with Crippen molar-refractivity contribution < 1.29 is 4.79 Å². The lowest BCUT2D eigenvalue weighted by atomic mass is 9.93. The summed E-state index contributed by atoms with van der Waals surface area (Å²) in [7, 11) is 0. The van der Waals surface area contributed by atoms with Gasteiger partial charge in [-0.05, 0) is 49.3 Å². The number of halogens is 1. The number of aryl methyl sites for hydroxylation is 1. The average molecular weight is 313 g/mol. The Kier molecular flexibility index (Phi) is 4.69. The van der Waals surface area contributed by atoms with E-state index in [9.17, 15) is 4.79 Å². The standard InChI is InChI=1S/C14H17BrOS/c1-10-2-3-13(15)12(8-10)14(16)9-11-4-6-17-7-5-11/h2-3,8,11H,4-7,9H2,1H3. The van der Waals surface area contributed by atoms with E-state index in [0.717, 1.165) is 15.6 Å². The smallest absolute Gasteiger partial charge is 0.164 e. The maximum Gasteiger partial charge on any atom is 0.164 e. The number of rotatable bonds is 3. The Labute approximate surface area is 115 Å². The molecule has 3 heteroatoms. The molecule has 0 radical (unpaired) electrons. The van der Waals surface area contributed by atoms with Crippen LogP contribution in [0.2, 0.25) is 0 Å². The van der Waals surface area contributed by atoms with Crippen molar-refractivity contribution in [2.75, 3.05) is 11.5 Å². The third-order valence-electron chi connectivity index (χ3n) is 3.24. The minimum Gasteiger partial charge on any atom is -0.294 e. The molecule has 17 heavy (non-hydrogen) atoms. The zero-order valence-electron chi connectivity index (χ0n) is 10.0. The number of thioether (sulfide) groups is 1. The Morgan fingerprint density at radius 3 is 2.82 bits per heavy atom. The number of carbonyl (C=O) groups is 1. The number of Topliss-reactive ketones (excluding diaryl/α,β-unsaturated/α-hetero) is 1. The number of hydrogen-bond acceptors (Lipinski definition) is 2. The maximum absolute atomic E-state index is 12.2. The molecule has 1 aromatic rings. The number of ketones is 1. The Balaban J connectivity index is 2.05. The van der Waals surface area contributed by atoms with Gasteiger partial charge in [0.25, 0.3) is 0 Å². The van der Waals surface area contributed by atoms with Gasteiger partial charge in [0.15, 0.2) is 5.78 Å². The summed E-state index contributed by atoms with van der Waals surface area (Å²) < 4.78 is 0.929. The van der Waals surface area contributed by atoms with Crippen LogP contribution in [0.3, 0.4) is 0 Å².